The van der Waals surface area contributed by atoms with Crippen molar-refractivity contribution in [3.8, 4) is 17.1 Å². The molecule has 0 saturated carbocycles. The third-order valence-electron chi connectivity index (χ3n) is 3.99. The van der Waals surface area contributed by atoms with Gasteiger partial charge >= 0.3 is 0 Å². The average Bonchev–Trinajstić information content (AvgIpc) is 2.54. The zero-order valence-corrected chi connectivity index (χ0v) is 13.7. The van der Waals surface area contributed by atoms with Gasteiger partial charge in [0.05, 0.1) is 11.1 Å². The van der Waals surface area contributed by atoms with E-state index in [-0.39, 0.29) is 5.75 Å². The largest absolute Gasteiger partial charge is 0.507 e. The van der Waals surface area contributed by atoms with Crippen LogP contribution in [0, 0.1) is 6.92 Å². The highest BCUT2D eigenvalue weighted by molar-refractivity contribution is 5.91. The summed E-state index contributed by atoms with van der Waals surface area (Å²) in [4.78, 5) is 9.32. The highest BCUT2D eigenvalue weighted by atomic mass is 16.3. The number of hydrogen-bond acceptors (Lipinski definition) is 4. The Morgan fingerprint density at radius 2 is 1.91 bits per heavy atom. The molecular formula is C19H21N3O. The smallest absolute Gasteiger partial charge is 0.165 e. The Hall–Kier alpha value is -2.62. The second-order valence-corrected chi connectivity index (χ2v) is 5.89. The summed E-state index contributed by atoms with van der Waals surface area (Å²) in [5, 5.41) is 14.6. The Bertz CT molecular complexity index is 845. The lowest BCUT2D eigenvalue weighted by Gasteiger charge is -2.16. The van der Waals surface area contributed by atoms with E-state index in [0.717, 1.165) is 28.7 Å². The molecule has 3 rings (SSSR count). The van der Waals surface area contributed by atoms with E-state index in [2.05, 4.69) is 35.2 Å². The van der Waals surface area contributed by atoms with Crippen LogP contribution in [0.15, 0.2) is 42.5 Å². The third kappa shape index (κ3) is 3.11. The summed E-state index contributed by atoms with van der Waals surface area (Å²) in [5.74, 6) is 1.53. The van der Waals surface area contributed by atoms with Gasteiger partial charge < -0.3 is 10.4 Å². The maximum atomic E-state index is 10.1. The number of phenolic OH excluding ortho intramolecular Hbond substituents is 1. The van der Waals surface area contributed by atoms with Crippen molar-refractivity contribution in [1.29, 1.82) is 0 Å². The lowest BCUT2D eigenvalue weighted by atomic mass is 10.1. The fraction of sp³-hybridized carbons (Fsp3) is 0.263. The first kappa shape index (κ1) is 15.3. The van der Waals surface area contributed by atoms with Crippen molar-refractivity contribution in [2.24, 2.45) is 0 Å². The van der Waals surface area contributed by atoms with Gasteiger partial charge in [0.25, 0.3) is 0 Å². The second kappa shape index (κ2) is 6.24. The molecule has 3 aromatic rings. The van der Waals surface area contributed by atoms with Crippen molar-refractivity contribution >= 4 is 16.7 Å². The molecule has 0 aliphatic rings. The van der Waals surface area contributed by atoms with Crippen LogP contribution in [0.5, 0.6) is 5.75 Å². The summed E-state index contributed by atoms with van der Waals surface area (Å²) in [6, 6.07) is 13.6. The van der Waals surface area contributed by atoms with Crippen molar-refractivity contribution < 1.29 is 5.11 Å². The first-order chi connectivity index (χ1) is 11.1. The number of fused-ring (bicyclic) bond motifs is 1. The quantitative estimate of drug-likeness (QED) is 0.744. The van der Waals surface area contributed by atoms with Gasteiger partial charge in [-0.25, -0.2) is 9.97 Å². The normalized spacial score (nSPS) is 12.3. The molecule has 0 bridgehead atoms. The molecule has 0 amide bonds. The van der Waals surface area contributed by atoms with Crippen LogP contribution in [0.25, 0.3) is 22.3 Å². The number of para-hydroxylation sites is 1. The summed E-state index contributed by atoms with van der Waals surface area (Å²) < 4.78 is 0. The average molecular weight is 307 g/mol. The number of phenols is 1. The maximum Gasteiger partial charge on any atom is 0.165 e. The highest BCUT2D eigenvalue weighted by Crippen LogP contribution is 2.30. The molecule has 0 aliphatic heterocycles. The minimum Gasteiger partial charge on any atom is -0.507 e. The SMILES string of the molecule is CCC(C)Nc1nc(-c2ccccc2O)nc2cc(C)ccc12. The van der Waals surface area contributed by atoms with Crippen molar-refractivity contribution in [3.63, 3.8) is 0 Å². The summed E-state index contributed by atoms with van der Waals surface area (Å²) in [7, 11) is 0. The lowest BCUT2D eigenvalue weighted by molar-refractivity contribution is 0.477. The second-order valence-electron chi connectivity index (χ2n) is 5.89. The zero-order chi connectivity index (χ0) is 16.4. The van der Waals surface area contributed by atoms with Crippen LogP contribution >= 0.6 is 0 Å². The van der Waals surface area contributed by atoms with Gasteiger partial charge in [0, 0.05) is 11.4 Å². The van der Waals surface area contributed by atoms with E-state index in [9.17, 15) is 5.11 Å². The van der Waals surface area contributed by atoms with Crippen LogP contribution in [0.2, 0.25) is 0 Å². The van der Waals surface area contributed by atoms with Crippen LogP contribution in [0.4, 0.5) is 5.82 Å². The Kier molecular flexibility index (Phi) is 4.15. The lowest BCUT2D eigenvalue weighted by Crippen LogP contribution is -2.15. The minimum absolute atomic E-state index is 0.189. The van der Waals surface area contributed by atoms with E-state index in [1.54, 1.807) is 12.1 Å². The predicted molar refractivity (Wildman–Crippen MR) is 94.8 cm³/mol. The number of benzene rings is 2. The van der Waals surface area contributed by atoms with Crippen LogP contribution in [-0.4, -0.2) is 21.1 Å². The van der Waals surface area contributed by atoms with Crippen LogP contribution in [0.3, 0.4) is 0 Å². The van der Waals surface area contributed by atoms with Crippen LogP contribution in [-0.2, 0) is 0 Å². The predicted octanol–water partition coefficient (Wildman–Crippen LogP) is 4.52. The van der Waals surface area contributed by atoms with Gasteiger partial charge in [-0.3, -0.25) is 0 Å². The Labute approximate surface area is 136 Å². The molecule has 1 aromatic heterocycles. The molecule has 1 heterocycles. The molecule has 0 spiro atoms. The topological polar surface area (TPSA) is 58.0 Å². The minimum atomic E-state index is 0.189. The zero-order valence-electron chi connectivity index (χ0n) is 13.7. The number of aromatic nitrogens is 2. The van der Waals surface area contributed by atoms with E-state index in [4.69, 9.17) is 0 Å². The number of hydrogen-bond donors (Lipinski definition) is 2. The molecule has 1 unspecified atom stereocenters. The molecule has 4 nitrogen and oxygen atoms in total. The molecule has 4 heteroatoms. The van der Waals surface area contributed by atoms with E-state index in [1.165, 1.54) is 0 Å². The van der Waals surface area contributed by atoms with E-state index in [0.29, 0.717) is 17.4 Å². The van der Waals surface area contributed by atoms with Gasteiger partial charge in [0.2, 0.25) is 0 Å². The van der Waals surface area contributed by atoms with E-state index < -0.39 is 0 Å². The number of nitrogens with one attached hydrogen (secondary N) is 1. The van der Waals surface area contributed by atoms with Crippen molar-refractivity contribution in [3.05, 3.63) is 48.0 Å². The van der Waals surface area contributed by atoms with Gasteiger partial charge in [-0.05, 0) is 50.1 Å². The Morgan fingerprint density at radius 3 is 2.65 bits per heavy atom. The number of aromatic hydroxyl groups is 1. The molecule has 0 aliphatic carbocycles. The molecule has 2 aromatic carbocycles. The summed E-state index contributed by atoms with van der Waals surface area (Å²) >= 11 is 0. The molecule has 0 saturated heterocycles. The monoisotopic (exact) mass is 307 g/mol. The van der Waals surface area contributed by atoms with Crippen molar-refractivity contribution in [2.75, 3.05) is 5.32 Å². The van der Waals surface area contributed by atoms with E-state index in [1.807, 2.05) is 31.2 Å². The van der Waals surface area contributed by atoms with Crippen LogP contribution < -0.4 is 5.32 Å². The fourth-order valence-corrected chi connectivity index (χ4v) is 2.47. The Balaban J connectivity index is 2.21. The summed E-state index contributed by atoms with van der Waals surface area (Å²) in [6.07, 6.45) is 1.00. The molecule has 1 atom stereocenters. The van der Waals surface area contributed by atoms with Gasteiger partial charge in [0.1, 0.15) is 11.6 Å². The number of rotatable bonds is 4. The summed E-state index contributed by atoms with van der Waals surface area (Å²) in [6.45, 7) is 6.31. The van der Waals surface area contributed by atoms with Gasteiger partial charge in [-0.1, -0.05) is 25.1 Å². The molecule has 118 valence electrons. The van der Waals surface area contributed by atoms with E-state index >= 15 is 0 Å². The first-order valence-electron chi connectivity index (χ1n) is 7.91. The third-order valence-corrected chi connectivity index (χ3v) is 3.99. The molecule has 23 heavy (non-hydrogen) atoms. The van der Waals surface area contributed by atoms with Gasteiger partial charge in [-0.15, -0.1) is 0 Å². The highest BCUT2D eigenvalue weighted by Gasteiger charge is 2.13. The fourth-order valence-electron chi connectivity index (χ4n) is 2.47. The molecule has 0 radical (unpaired) electrons. The van der Waals surface area contributed by atoms with Crippen molar-refractivity contribution in [2.45, 2.75) is 33.2 Å². The summed E-state index contributed by atoms with van der Waals surface area (Å²) in [5.41, 5.74) is 2.67. The number of aryl methyl sites for hydroxylation is 1. The van der Waals surface area contributed by atoms with Crippen molar-refractivity contribution in [1.82, 2.24) is 9.97 Å². The van der Waals surface area contributed by atoms with Crippen LogP contribution in [0.1, 0.15) is 25.8 Å². The van der Waals surface area contributed by atoms with Gasteiger partial charge in [0.15, 0.2) is 5.82 Å². The standard InChI is InChI=1S/C19H21N3O/c1-4-13(3)20-18-14-10-9-12(2)11-16(14)21-19(22-18)15-7-5-6-8-17(15)23/h5-11,13,23H,4H2,1-3H3,(H,20,21,22). The number of anilines is 1. The number of nitrogens with zero attached hydrogens (tertiary/aromatic N) is 2. The maximum absolute atomic E-state index is 10.1. The molecule has 0 fully saturated rings. The molecule has 2 N–H and O–H groups in total. The van der Waals surface area contributed by atoms with Gasteiger partial charge in [-0.2, -0.15) is 0 Å². The molecular weight excluding hydrogens is 286 g/mol. The Morgan fingerprint density at radius 1 is 1.13 bits per heavy atom. The first-order valence-corrected chi connectivity index (χ1v) is 7.91.